The van der Waals surface area contributed by atoms with E-state index in [4.69, 9.17) is 10.5 Å². The van der Waals surface area contributed by atoms with E-state index < -0.39 is 0 Å². The van der Waals surface area contributed by atoms with Crippen molar-refractivity contribution in [3.8, 4) is 0 Å². The maximum atomic E-state index is 12.5. The Morgan fingerprint density at radius 3 is 2.60 bits per heavy atom. The Balaban J connectivity index is 1.66. The van der Waals surface area contributed by atoms with Gasteiger partial charge in [0.2, 0.25) is 0 Å². The largest absolute Gasteiger partial charge is 0.454 e. The van der Waals surface area contributed by atoms with Crippen LogP contribution in [0.3, 0.4) is 0 Å². The molecule has 3 aromatic carbocycles. The molecule has 3 nitrogen and oxygen atoms in total. The number of hydrogen-bond acceptors (Lipinski definition) is 3. The average Bonchev–Trinajstić information content (AvgIpc) is 3.02. The summed E-state index contributed by atoms with van der Waals surface area (Å²) in [5, 5.41) is 2.53. The Labute approximate surface area is 147 Å². The lowest BCUT2D eigenvalue weighted by Gasteiger charge is -2.17. The number of benzene rings is 3. The molecule has 0 aromatic heterocycles. The standard InChI is InChI=1S/C22H21NO2/c1-13-12-17(9-11-20(13)23)22(24)25-14(2)18-10-8-16-7-6-15-4-3-5-19(18)21(15)16/h3-5,8-12,14H,6-7,23H2,1-2H3/t14-/m1/s1. The molecule has 0 amide bonds. The summed E-state index contributed by atoms with van der Waals surface area (Å²) in [6.45, 7) is 3.82. The molecule has 3 aromatic rings. The monoisotopic (exact) mass is 331 g/mol. The van der Waals surface area contributed by atoms with Crippen molar-refractivity contribution in [2.24, 2.45) is 0 Å². The molecule has 0 saturated heterocycles. The fourth-order valence-electron chi connectivity index (χ4n) is 3.72. The maximum absolute atomic E-state index is 12.5. The fourth-order valence-corrected chi connectivity index (χ4v) is 3.72. The first-order valence-electron chi connectivity index (χ1n) is 8.65. The number of nitrogens with two attached hydrogens (primary N) is 1. The van der Waals surface area contributed by atoms with Gasteiger partial charge in [-0.2, -0.15) is 0 Å². The van der Waals surface area contributed by atoms with Crippen molar-refractivity contribution in [1.29, 1.82) is 0 Å². The molecule has 0 unspecified atom stereocenters. The van der Waals surface area contributed by atoms with Gasteiger partial charge in [0.25, 0.3) is 0 Å². The van der Waals surface area contributed by atoms with Gasteiger partial charge in [-0.25, -0.2) is 4.79 Å². The number of carbonyl (C=O) groups is 1. The van der Waals surface area contributed by atoms with Crippen molar-refractivity contribution in [3.63, 3.8) is 0 Å². The second kappa shape index (κ2) is 5.92. The van der Waals surface area contributed by atoms with Crippen LogP contribution in [0.15, 0.2) is 48.5 Å². The number of esters is 1. The van der Waals surface area contributed by atoms with Gasteiger partial charge in [0.1, 0.15) is 6.10 Å². The molecule has 0 spiro atoms. The number of carbonyl (C=O) groups excluding carboxylic acids is 1. The maximum Gasteiger partial charge on any atom is 0.338 e. The molecule has 3 heteroatoms. The van der Waals surface area contributed by atoms with E-state index in [1.165, 1.54) is 21.9 Å². The van der Waals surface area contributed by atoms with Crippen LogP contribution in [0, 0.1) is 6.92 Å². The third kappa shape index (κ3) is 2.66. The van der Waals surface area contributed by atoms with E-state index in [0.717, 1.165) is 24.0 Å². The highest BCUT2D eigenvalue weighted by Crippen LogP contribution is 2.36. The van der Waals surface area contributed by atoms with E-state index in [-0.39, 0.29) is 12.1 Å². The van der Waals surface area contributed by atoms with Gasteiger partial charge in [0, 0.05) is 11.3 Å². The lowest BCUT2D eigenvalue weighted by Crippen LogP contribution is -2.10. The van der Waals surface area contributed by atoms with Crippen molar-refractivity contribution in [2.45, 2.75) is 32.8 Å². The highest BCUT2D eigenvalue weighted by molar-refractivity contribution is 5.94. The van der Waals surface area contributed by atoms with Gasteiger partial charge in [-0.3, -0.25) is 0 Å². The number of hydrogen-bond donors (Lipinski definition) is 1. The minimum Gasteiger partial charge on any atom is -0.454 e. The van der Waals surface area contributed by atoms with E-state index in [1.807, 2.05) is 13.8 Å². The van der Waals surface area contributed by atoms with Crippen LogP contribution >= 0.6 is 0 Å². The Morgan fingerprint density at radius 2 is 1.84 bits per heavy atom. The van der Waals surface area contributed by atoms with Crippen molar-refractivity contribution in [2.75, 3.05) is 5.73 Å². The van der Waals surface area contributed by atoms with E-state index in [9.17, 15) is 4.79 Å². The van der Waals surface area contributed by atoms with Crippen LogP contribution in [0.25, 0.3) is 10.8 Å². The van der Waals surface area contributed by atoms with Crippen LogP contribution in [0.5, 0.6) is 0 Å². The Morgan fingerprint density at radius 1 is 1.08 bits per heavy atom. The first kappa shape index (κ1) is 15.7. The van der Waals surface area contributed by atoms with Crippen LogP contribution in [-0.4, -0.2) is 5.97 Å². The van der Waals surface area contributed by atoms with Gasteiger partial charge in [-0.05, 0) is 72.4 Å². The number of nitrogen functional groups attached to an aromatic ring is 1. The van der Waals surface area contributed by atoms with Gasteiger partial charge in [-0.15, -0.1) is 0 Å². The Kier molecular flexibility index (Phi) is 3.72. The van der Waals surface area contributed by atoms with E-state index in [1.54, 1.807) is 18.2 Å². The molecule has 0 fully saturated rings. The van der Waals surface area contributed by atoms with Gasteiger partial charge in [0.15, 0.2) is 0 Å². The van der Waals surface area contributed by atoms with Gasteiger partial charge in [-0.1, -0.05) is 30.3 Å². The van der Waals surface area contributed by atoms with Crippen molar-refractivity contribution in [1.82, 2.24) is 0 Å². The topological polar surface area (TPSA) is 52.3 Å². The number of anilines is 1. The smallest absolute Gasteiger partial charge is 0.338 e. The Hall–Kier alpha value is -2.81. The molecule has 0 heterocycles. The molecular formula is C22H21NO2. The summed E-state index contributed by atoms with van der Waals surface area (Å²) in [5.41, 5.74) is 11.8. The van der Waals surface area contributed by atoms with Crippen LogP contribution in [0.1, 0.15) is 45.6 Å². The third-order valence-corrected chi connectivity index (χ3v) is 5.14. The quantitative estimate of drug-likeness (QED) is 0.557. The zero-order chi connectivity index (χ0) is 17.6. The predicted molar refractivity (Wildman–Crippen MR) is 101 cm³/mol. The summed E-state index contributed by atoms with van der Waals surface area (Å²) in [6.07, 6.45) is 1.87. The second-order valence-electron chi connectivity index (χ2n) is 6.77. The minimum atomic E-state index is -0.321. The van der Waals surface area contributed by atoms with Crippen LogP contribution in [-0.2, 0) is 17.6 Å². The van der Waals surface area contributed by atoms with Crippen LogP contribution in [0.2, 0.25) is 0 Å². The third-order valence-electron chi connectivity index (χ3n) is 5.14. The molecule has 1 aliphatic rings. The second-order valence-corrected chi connectivity index (χ2v) is 6.77. The fraction of sp³-hybridized carbons (Fsp3) is 0.227. The zero-order valence-electron chi connectivity index (χ0n) is 14.5. The summed E-state index contributed by atoms with van der Waals surface area (Å²) in [5.74, 6) is -0.321. The number of rotatable bonds is 3. The summed E-state index contributed by atoms with van der Waals surface area (Å²) in [6, 6.07) is 15.9. The van der Waals surface area contributed by atoms with E-state index in [0.29, 0.717) is 11.3 Å². The SMILES string of the molecule is Cc1cc(C(=O)O[C@H](C)c2ccc3c4c(cccc24)CC3)ccc1N. The first-order chi connectivity index (χ1) is 12.0. The van der Waals surface area contributed by atoms with Gasteiger partial charge < -0.3 is 10.5 Å². The molecule has 4 rings (SSSR count). The highest BCUT2D eigenvalue weighted by atomic mass is 16.5. The van der Waals surface area contributed by atoms with E-state index >= 15 is 0 Å². The van der Waals surface area contributed by atoms with Crippen molar-refractivity contribution >= 4 is 22.4 Å². The molecule has 2 N–H and O–H groups in total. The molecule has 0 aliphatic heterocycles. The van der Waals surface area contributed by atoms with Crippen molar-refractivity contribution < 1.29 is 9.53 Å². The molecule has 0 bridgehead atoms. The average molecular weight is 331 g/mol. The van der Waals surface area contributed by atoms with Crippen LogP contribution in [0.4, 0.5) is 5.69 Å². The summed E-state index contributed by atoms with van der Waals surface area (Å²) in [4.78, 5) is 12.5. The number of aryl methyl sites for hydroxylation is 3. The molecule has 0 saturated carbocycles. The first-order valence-corrected chi connectivity index (χ1v) is 8.65. The molecule has 1 aliphatic carbocycles. The number of ether oxygens (including phenoxy) is 1. The summed E-state index contributed by atoms with van der Waals surface area (Å²) < 4.78 is 5.75. The predicted octanol–water partition coefficient (Wildman–Crippen LogP) is 4.75. The minimum absolute atomic E-state index is 0.310. The van der Waals surface area contributed by atoms with Gasteiger partial charge >= 0.3 is 5.97 Å². The molecule has 1 atom stereocenters. The lowest BCUT2D eigenvalue weighted by molar-refractivity contribution is 0.0340. The Bertz CT molecular complexity index is 980. The molecule has 126 valence electrons. The van der Waals surface area contributed by atoms with Crippen LogP contribution < -0.4 is 5.73 Å². The van der Waals surface area contributed by atoms with E-state index in [2.05, 4.69) is 30.3 Å². The molecular weight excluding hydrogens is 310 g/mol. The van der Waals surface area contributed by atoms with Crippen molar-refractivity contribution in [3.05, 3.63) is 76.3 Å². The molecule has 25 heavy (non-hydrogen) atoms. The van der Waals surface area contributed by atoms with Gasteiger partial charge in [0.05, 0.1) is 5.56 Å². The normalized spacial score (nSPS) is 13.8. The molecule has 0 radical (unpaired) electrons. The zero-order valence-corrected chi connectivity index (χ0v) is 14.5. The summed E-state index contributed by atoms with van der Waals surface area (Å²) >= 11 is 0. The lowest BCUT2D eigenvalue weighted by atomic mass is 9.97. The summed E-state index contributed by atoms with van der Waals surface area (Å²) in [7, 11) is 0. The highest BCUT2D eigenvalue weighted by Gasteiger charge is 2.20.